The maximum absolute atomic E-state index is 12.5. The van der Waals surface area contributed by atoms with E-state index in [0.717, 1.165) is 0 Å². The third-order valence-corrected chi connectivity index (χ3v) is 2.31. The Hall–Kier alpha value is -1.04. The summed E-state index contributed by atoms with van der Waals surface area (Å²) in [5.74, 6) is 0. The first-order valence-corrected chi connectivity index (χ1v) is 5.64. The van der Waals surface area contributed by atoms with E-state index in [1.54, 1.807) is 13.8 Å². The minimum absolute atomic E-state index is 0.0389. The van der Waals surface area contributed by atoms with E-state index < -0.39 is 11.9 Å². The monoisotopic (exact) mass is 251 g/mol. The zero-order chi connectivity index (χ0) is 13.5. The zero-order valence-corrected chi connectivity index (χ0v) is 10.2. The number of nitrogens with one attached hydrogen (secondary N) is 2. The number of hydrogen-bond acceptors (Lipinski definition) is 3. The van der Waals surface area contributed by atoms with Crippen LogP contribution in [0.25, 0.3) is 0 Å². The molecular formula is C11H20F3N3. The Labute approximate surface area is 99.8 Å². The molecular weight excluding hydrogens is 231 g/mol. The second-order valence-electron chi connectivity index (χ2n) is 3.80. The summed E-state index contributed by atoms with van der Waals surface area (Å²) in [7, 11) is 0. The van der Waals surface area contributed by atoms with Crippen LogP contribution < -0.4 is 11.1 Å². The number of halogens is 3. The molecule has 0 saturated heterocycles. The Morgan fingerprint density at radius 3 is 2.35 bits per heavy atom. The molecule has 0 fully saturated rings. The predicted molar refractivity (Wildman–Crippen MR) is 63.1 cm³/mol. The first-order chi connectivity index (χ1) is 7.84. The third kappa shape index (κ3) is 5.72. The summed E-state index contributed by atoms with van der Waals surface area (Å²) in [6, 6.07) is 0. The van der Waals surface area contributed by atoms with Crippen LogP contribution in [-0.4, -0.2) is 25.0 Å². The number of nitrogens with two attached hydrogens (primary N) is 1. The lowest BCUT2D eigenvalue weighted by Gasteiger charge is -2.16. The van der Waals surface area contributed by atoms with E-state index in [2.05, 4.69) is 5.32 Å². The highest BCUT2D eigenvalue weighted by Crippen LogP contribution is 2.24. The van der Waals surface area contributed by atoms with Gasteiger partial charge in [-0.05, 0) is 26.3 Å². The summed E-state index contributed by atoms with van der Waals surface area (Å²) >= 11 is 0. The van der Waals surface area contributed by atoms with Crippen molar-refractivity contribution >= 4 is 5.71 Å². The van der Waals surface area contributed by atoms with Crippen molar-refractivity contribution in [2.24, 2.45) is 5.73 Å². The Morgan fingerprint density at radius 1 is 1.35 bits per heavy atom. The number of rotatable bonds is 7. The Morgan fingerprint density at radius 2 is 1.94 bits per heavy atom. The van der Waals surface area contributed by atoms with Gasteiger partial charge in [-0.3, -0.25) is 5.41 Å². The minimum Gasteiger partial charge on any atom is -0.388 e. The smallest absolute Gasteiger partial charge is 0.388 e. The maximum Gasteiger partial charge on any atom is 0.432 e. The van der Waals surface area contributed by atoms with Crippen LogP contribution in [0.3, 0.4) is 0 Å². The molecule has 0 aromatic carbocycles. The summed E-state index contributed by atoms with van der Waals surface area (Å²) < 4.78 is 37.4. The quantitative estimate of drug-likeness (QED) is 0.481. The van der Waals surface area contributed by atoms with Gasteiger partial charge in [0.25, 0.3) is 0 Å². The fourth-order valence-electron chi connectivity index (χ4n) is 1.41. The van der Waals surface area contributed by atoms with Crippen LogP contribution in [0.15, 0.2) is 11.3 Å². The zero-order valence-electron chi connectivity index (χ0n) is 10.2. The van der Waals surface area contributed by atoms with Crippen LogP contribution in [0.5, 0.6) is 0 Å². The van der Waals surface area contributed by atoms with E-state index >= 15 is 0 Å². The van der Waals surface area contributed by atoms with E-state index in [1.165, 1.54) is 0 Å². The number of alkyl halides is 3. The normalized spacial score (nSPS) is 13.3. The number of allylic oxidation sites excluding steroid dienone is 2. The molecule has 0 aliphatic rings. The lowest BCUT2D eigenvalue weighted by Crippen LogP contribution is -2.27. The Bertz CT molecular complexity index is 282. The van der Waals surface area contributed by atoms with Crippen molar-refractivity contribution < 1.29 is 13.2 Å². The lowest BCUT2D eigenvalue weighted by atomic mass is 10.0. The summed E-state index contributed by atoms with van der Waals surface area (Å²) in [5.41, 5.74) is 4.51. The summed E-state index contributed by atoms with van der Waals surface area (Å²) in [6.07, 6.45) is -3.07. The largest absolute Gasteiger partial charge is 0.432 e. The van der Waals surface area contributed by atoms with E-state index in [-0.39, 0.29) is 12.0 Å². The minimum atomic E-state index is -4.58. The van der Waals surface area contributed by atoms with Crippen LogP contribution in [0.4, 0.5) is 13.2 Å². The van der Waals surface area contributed by atoms with Gasteiger partial charge in [-0.2, -0.15) is 13.2 Å². The first-order valence-electron chi connectivity index (χ1n) is 5.64. The fraction of sp³-hybridized carbons (Fsp3) is 0.727. The first kappa shape index (κ1) is 16.0. The van der Waals surface area contributed by atoms with Crippen LogP contribution in [0, 0.1) is 5.41 Å². The second-order valence-corrected chi connectivity index (χ2v) is 3.80. The van der Waals surface area contributed by atoms with Crippen molar-refractivity contribution in [1.82, 2.24) is 5.32 Å². The molecule has 0 aliphatic heterocycles. The maximum atomic E-state index is 12.5. The molecule has 4 N–H and O–H groups in total. The van der Waals surface area contributed by atoms with E-state index in [1.807, 2.05) is 0 Å². The molecule has 17 heavy (non-hydrogen) atoms. The summed E-state index contributed by atoms with van der Waals surface area (Å²) in [5, 5.41) is 10.0. The van der Waals surface area contributed by atoms with Gasteiger partial charge in [0.2, 0.25) is 0 Å². The van der Waals surface area contributed by atoms with Crippen LogP contribution in [-0.2, 0) is 0 Å². The third-order valence-electron chi connectivity index (χ3n) is 2.31. The van der Waals surface area contributed by atoms with Gasteiger partial charge < -0.3 is 11.1 Å². The van der Waals surface area contributed by atoms with Gasteiger partial charge in [0, 0.05) is 17.8 Å². The molecule has 100 valence electrons. The van der Waals surface area contributed by atoms with Gasteiger partial charge in [-0.1, -0.05) is 13.3 Å². The molecule has 0 radical (unpaired) electrons. The van der Waals surface area contributed by atoms with Gasteiger partial charge in [-0.15, -0.1) is 0 Å². The molecule has 0 heterocycles. The van der Waals surface area contributed by atoms with Crippen molar-refractivity contribution in [2.75, 3.05) is 13.1 Å². The molecule has 0 rings (SSSR count). The standard InChI is InChI=1S/C11H20F3N3/c1-3-5-9(10(16)11(12,13)14)8(2)17-7-4-6-15/h16-17H,3-7,15H2,1-2H3/b9-8-,16-10?. The van der Waals surface area contributed by atoms with Crippen LogP contribution in [0.1, 0.15) is 33.1 Å². The molecule has 0 aliphatic carbocycles. The molecule has 0 aromatic rings. The Balaban J connectivity index is 4.80. The molecule has 0 bridgehead atoms. The second kappa shape index (κ2) is 7.32. The summed E-state index contributed by atoms with van der Waals surface area (Å²) in [6.45, 7) is 4.37. The van der Waals surface area contributed by atoms with Crippen molar-refractivity contribution in [3.05, 3.63) is 11.3 Å². The molecule has 0 spiro atoms. The molecule has 0 atom stereocenters. The average molecular weight is 251 g/mol. The van der Waals surface area contributed by atoms with E-state index in [9.17, 15) is 13.2 Å². The molecule has 6 heteroatoms. The lowest BCUT2D eigenvalue weighted by molar-refractivity contribution is -0.0591. The highest BCUT2D eigenvalue weighted by molar-refractivity contribution is 6.02. The molecule has 0 amide bonds. The topological polar surface area (TPSA) is 61.9 Å². The van der Waals surface area contributed by atoms with E-state index in [4.69, 9.17) is 11.1 Å². The molecule has 0 saturated carbocycles. The van der Waals surface area contributed by atoms with Gasteiger partial charge in [-0.25, -0.2) is 0 Å². The molecule has 0 aromatic heterocycles. The number of hydrogen-bond donors (Lipinski definition) is 3. The van der Waals surface area contributed by atoms with Crippen LogP contribution >= 0.6 is 0 Å². The van der Waals surface area contributed by atoms with Gasteiger partial charge in [0.15, 0.2) is 0 Å². The molecule has 0 unspecified atom stereocenters. The van der Waals surface area contributed by atoms with Crippen molar-refractivity contribution in [2.45, 2.75) is 39.3 Å². The van der Waals surface area contributed by atoms with Gasteiger partial charge in [0.1, 0.15) is 5.71 Å². The molecule has 3 nitrogen and oxygen atoms in total. The van der Waals surface area contributed by atoms with Gasteiger partial charge >= 0.3 is 6.18 Å². The summed E-state index contributed by atoms with van der Waals surface area (Å²) in [4.78, 5) is 0. The highest BCUT2D eigenvalue weighted by Gasteiger charge is 2.36. The van der Waals surface area contributed by atoms with E-state index in [0.29, 0.717) is 31.6 Å². The predicted octanol–water partition coefficient (Wildman–Crippen LogP) is 2.58. The van der Waals surface area contributed by atoms with Crippen LogP contribution in [0.2, 0.25) is 0 Å². The van der Waals surface area contributed by atoms with Crippen molar-refractivity contribution in [3.63, 3.8) is 0 Å². The van der Waals surface area contributed by atoms with Crippen molar-refractivity contribution in [3.8, 4) is 0 Å². The van der Waals surface area contributed by atoms with Crippen molar-refractivity contribution in [1.29, 1.82) is 5.41 Å². The fourth-order valence-corrected chi connectivity index (χ4v) is 1.41. The van der Waals surface area contributed by atoms with Gasteiger partial charge in [0.05, 0.1) is 0 Å². The highest BCUT2D eigenvalue weighted by atomic mass is 19.4. The Kier molecular flexibility index (Phi) is 6.87. The average Bonchev–Trinajstić information content (AvgIpc) is 2.23. The SMILES string of the molecule is CCC/C(C(=N)C(F)(F)F)=C(\C)NCCCN.